The SMILES string of the molecule is C/C=C/CC(NC(=O)C(CC)Oc1cccc(C)c1)C(=O)O. The molecule has 2 unspecified atom stereocenters. The lowest BCUT2D eigenvalue weighted by atomic mass is 10.1. The number of hydrogen-bond donors (Lipinski definition) is 2. The van der Waals surface area contributed by atoms with E-state index >= 15 is 0 Å². The molecule has 1 amide bonds. The van der Waals surface area contributed by atoms with E-state index in [0.29, 0.717) is 12.2 Å². The number of carbonyl (C=O) groups excluding carboxylic acids is 1. The third-order valence-corrected chi connectivity index (χ3v) is 3.15. The van der Waals surface area contributed by atoms with Crippen LogP contribution < -0.4 is 10.1 Å². The van der Waals surface area contributed by atoms with E-state index in [2.05, 4.69) is 5.32 Å². The van der Waals surface area contributed by atoms with Gasteiger partial charge in [0.1, 0.15) is 11.8 Å². The minimum Gasteiger partial charge on any atom is -0.481 e. The van der Waals surface area contributed by atoms with Crippen molar-refractivity contribution in [3.63, 3.8) is 0 Å². The second kappa shape index (κ2) is 8.87. The number of carbonyl (C=O) groups is 2. The Morgan fingerprint density at radius 1 is 1.41 bits per heavy atom. The van der Waals surface area contributed by atoms with Crippen LogP contribution in [0.15, 0.2) is 36.4 Å². The maximum absolute atomic E-state index is 12.2. The lowest BCUT2D eigenvalue weighted by Gasteiger charge is -2.20. The van der Waals surface area contributed by atoms with Crippen molar-refractivity contribution in [2.45, 2.75) is 45.8 Å². The minimum atomic E-state index is -1.06. The Balaban J connectivity index is 2.72. The third-order valence-electron chi connectivity index (χ3n) is 3.15. The van der Waals surface area contributed by atoms with Gasteiger partial charge in [0.05, 0.1) is 0 Å². The monoisotopic (exact) mass is 305 g/mol. The zero-order valence-electron chi connectivity index (χ0n) is 13.2. The molecule has 2 N–H and O–H groups in total. The van der Waals surface area contributed by atoms with Crippen molar-refractivity contribution in [1.29, 1.82) is 0 Å². The summed E-state index contributed by atoms with van der Waals surface area (Å²) in [5, 5.41) is 11.7. The molecule has 0 radical (unpaired) electrons. The van der Waals surface area contributed by atoms with Crippen LogP contribution in [0.1, 0.15) is 32.3 Å². The molecule has 0 bridgehead atoms. The van der Waals surface area contributed by atoms with Crippen LogP contribution in [0.4, 0.5) is 0 Å². The average molecular weight is 305 g/mol. The molecule has 0 aliphatic carbocycles. The van der Waals surface area contributed by atoms with E-state index in [-0.39, 0.29) is 6.42 Å². The lowest BCUT2D eigenvalue weighted by molar-refractivity contribution is -0.143. The van der Waals surface area contributed by atoms with E-state index in [1.165, 1.54) is 0 Å². The maximum Gasteiger partial charge on any atom is 0.326 e. The quantitative estimate of drug-likeness (QED) is 0.724. The summed E-state index contributed by atoms with van der Waals surface area (Å²) in [4.78, 5) is 23.4. The van der Waals surface area contributed by atoms with Gasteiger partial charge in [-0.1, -0.05) is 31.2 Å². The minimum absolute atomic E-state index is 0.248. The van der Waals surface area contributed by atoms with Crippen molar-refractivity contribution in [3.05, 3.63) is 42.0 Å². The molecule has 0 aromatic heterocycles. The Labute approximate surface area is 131 Å². The first-order valence-electron chi connectivity index (χ1n) is 7.35. The van der Waals surface area contributed by atoms with Crippen LogP contribution >= 0.6 is 0 Å². The summed E-state index contributed by atoms with van der Waals surface area (Å²) < 4.78 is 5.67. The Morgan fingerprint density at radius 3 is 2.68 bits per heavy atom. The third kappa shape index (κ3) is 5.60. The molecule has 5 nitrogen and oxygen atoms in total. The number of ether oxygens (including phenoxy) is 1. The summed E-state index contributed by atoms with van der Waals surface area (Å²) >= 11 is 0. The topological polar surface area (TPSA) is 75.6 Å². The van der Waals surface area contributed by atoms with Crippen molar-refractivity contribution in [2.24, 2.45) is 0 Å². The molecular formula is C17H23NO4. The Kier molecular flexibility index (Phi) is 7.16. The van der Waals surface area contributed by atoms with Crippen LogP contribution in [0.5, 0.6) is 5.75 Å². The molecule has 2 atom stereocenters. The Bertz CT molecular complexity index is 539. The molecule has 0 fully saturated rings. The van der Waals surface area contributed by atoms with E-state index in [0.717, 1.165) is 5.56 Å². The number of carboxylic acids is 1. The largest absolute Gasteiger partial charge is 0.481 e. The van der Waals surface area contributed by atoms with Crippen LogP contribution in [0, 0.1) is 6.92 Å². The van der Waals surface area contributed by atoms with E-state index in [4.69, 9.17) is 9.84 Å². The van der Waals surface area contributed by atoms with Gasteiger partial charge in [-0.15, -0.1) is 0 Å². The van der Waals surface area contributed by atoms with Crippen LogP contribution in [0.3, 0.4) is 0 Å². The molecule has 0 saturated carbocycles. The zero-order valence-corrected chi connectivity index (χ0v) is 13.2. The summed E-state index contributed by atoms with van der Waals surface area (Å²) in [6.07, 6.45) is 3.45. The standard InChI is InChI=1S/C17H23NO4/c1-4-6-10-14(17(20)21)18-16(19)15(5-2)22-13-9-7-8-12(3)11-13/h4,6-9,11,14-15H,5,10H2,1-3H3,(H,18,19)(H,20,21)/b6-4+. The van der Waals surface area contributed by atoms with Crippen molar-refractivity contribution in [2.75, 3.05) is 0 Å². The van der Waals surface area contributed by atoms with Gasteiger partial charge in [0.2, 0.25) is 0 Å². The number of allylic oxidation sites excluding steroid dienone is 1. The van der Waals surface area contributed by atoms with E-state index < -0.39 is 24.0 Å². The fourth-order valence-corrected chi connectivity index (χ4v) is 1.93. The van der Waals surface area contributed by atoms with E-state index in [1.54, 1.807) is 25.1 Å². The molecular weight excluding hydrogens is 282 g/mol. The summed E-state index contributed by atoms with van der Waals surface area (Å²) in [7, 11) is 0. The zero-order chi connectivity index (χ0) is 16.5. The normalized spacial score (nSPS) is 13.6. The van der Waals surface area contributed by atoms with Crippen molar-refractivity contribution in [1.82, 2.24) is 5.32 Å². The molecule has 0 aliphatic rings. The number of nitrogens with one attached hydrogen (secondary N) is 1. The highest BCUT2D eigenvalue weighted by Gasteiger charge is 2.24. The number of benzene rings is 1. The highest BCUT2D eigenvalue weighted by molar-refractivity contribution is 5.86. The molecule has 120 valence electrons. The molecule has 0 saturated heterocycles. The van der Waals surface area contributed by atoms with Crippen LogP contribution in [-0.4, -0.2) is 29.1 Å². The van der Waals surface area contributed by atoms with Gasteiger partial charge >= 0.3 is 5.97 Å². The second-order valence-electron chi connectivity index (χ2n) is 5.04. The number of rotatable bonds is 8. The average Bonchev–Trinajstić information content (AvgIpc) is 2.48. The molecule has 1 aromatic carbocycles. The van der Waals surface area contributed by atoms with Crippen molar-refractivity contribution < 1.29 is 19.4 Å². The Hall–Kier alpha value is -2.30. The highest BCUT2D eigenvalue weighted by Crippen LogP contribution is 2.15. The van der Waals surface area contributed by atoms with Gasteiger partial charge in [0, 0.05) is 0 Å². The molecule has 0 aliphatic heterocycles. The van der Waals surface area contributed by atoms with E-state index in [9.17, 15) is 9.59 Å². The highest BCUT2D eigenvalue weighted by atomic mass is 16.5. The number of aliphatic carboxylic acids is 1. The van der Waals surface area contributed by atoms with Gasteiger partial charge in [-0.25, -0.2) is 4.79 Å². The molecule has 22 heavy (non-hydrogen) atoms. The number of amides is 1. The molecule has 1 rings (SSSR count). The van der Waals surface area contributed by atoms with Crippen molar-refractivity contribution >= 4 is 11.9 Å². The predicted molar refractivity (Wildman–Crippen MR) is 84.9 cm³/mol. The lowest BCUT2D eigenvalue weighted by Crippen LogP contribution is -2.46. The molecule has 0 spiro atoms. The number of hydrogen-bond acceptors (Lipinski definition) is 3. The number of carboxylic acid groups (broad SMARTS) is 1. The Morgan fingerprint density at radius 2 is 2.14 bits per heavy atom. The second-order valence-corrected chi connectivity index (χ2v) is 5.04. The summed E-state index contributed by atoms with van der Waals surface area (Å²) in [6.45, 7) is 5.56. The number of aryl methyl sites for hydroxylation is 1. The van der Waals surface area contributed by atoms with Gasteiger partial charge < -0.3 is 15.2 Å². The van der Waals surface area contributed by atoms with Gasteiger partial charge in [-0.05, 0) is 44.4 Å². The first kappa shape index (κ1) is 17.8. The first-order chi connectivity index (χ1) is 10.5. The fourth-order valence-electron chi connectivity index (χ4n) is 1.93. The first-order valence-corrected chi connectivity index (χ1v) is 7.35. The maximum atomic E-state index is 12.2. The van der Waals surface area contributed by atoms with Crippen LogP contribution in [0.25, 0.3) is 0 Å². The van der Waals surface area contributed by atoms with E-state index in [1.807, 2.05) is 32.0 Å². The van der Waals surface area contributed by atoms with Gasteiger partial charge in [0.15, 0.2) is 6.10 Å². The summed E-state index contributed by atoms with van der Waals surface area (Å²) in [5.41, 5.74) is 1.03. The van der Waals surface area contributed by atoms with Gasteiger partial charge in [0.25, 0.3) is 5.91 Å². The van der Waals surface area contributed by atoms with Crippen LogP contribution in [-0.2, 0) is 9.59 Å². The fraction of sp³-hybridized carbons (Fsp3) is 0.412. The smallest absolute Gasteiger partial charge is 0.326 e. The predicted octanol–water partition coefficient (Wildman–Crippen LogP) is 2.69. The summed E-state index contributed by atoms with van der Waals surface area (Å²) in [6, 6.07) is 6.45. The van der Waals surface area contributed by atoms with Crippen LogP contribution in [0.2, 0.25) is 0 Å². The molecule has 0 heterocycles. The van der Waals surface area contributed by atoms with Gasteiger partial charge in [-0.2, -0.15) is 0 Å². The summed E-state index contributed by atoms with van der Waals surface area (Å²) in [5.74, 6) is -0.875. The molecule has 5 heteroatoms. The molecule has 1 aromatic rings. The van der Waals surface area contributed by atoms with Crippen molar-refractivity contribution in [3.8, 4) is 5.75 Å². The van der Waals surface area contributed by atoms with Gasteiger partial charge in [-0.3, -0.25) is 4.79 Å².